The Morgan fingerprint density at radius 1 is 1.27 bits per heavy atom. The van der Waals surface area contributed by atoms with Crippen molar-refractivity contribution in [1.29, 1.82) is 0 Å². The molecule has 0 amide bonds. The fraction of sp³-hybridized carbons (Fsp3) is 0. The summed E-state index contributed by atoms with van der Waals surface area (Å²) in [5, 5.41) is 0.562. The third-order valence-corrected chi connectivity index (χ3v) is 2.13. The molecule has 7 heteroatoms. The second kappa shape index (κ2) is 4.96. The van der Waals surface area contributed by atoms with Gasteiger partial charge in [-0.05, 0) is 12.1 Å². The van der Waals surface area contributed by atoms with Crippen LogP contribution in [0.25, 0.3) is 10.9 Å². The smallest absolute Gasteiger partial charge is 0.716 e. The molecule has 0 aliphatic carbocycles. The van der Waals surface area contributed by atoms with E-state index in [0.29, 0.717) is 10.9 Å². The van der Waals surface area contributed by atoms with E-state index in [1.807, 2.05) is 0 Å². The van der Waals surface area contributed by atoms with Crippen molar-refractivity contribution in [3.8, 4) is 5.75 Å². The van der Waals surface area contributed by atoms with Gasteiger partial charge in [0.25, 0.3) is 10.4 Å². The number of para-hydroxylation sites is 1. The summed E-state index contributed by atoms with van der Waals surface area (Å²) in [6.45, 7) is 0. The average molecular weight is 257 g/mol. The predicted octanol–water partition coefficient (Wildman–Crippen LogP) is -1.99. The molecule has 0 radical (unpaired) electrons. The number of nitrogens with one attached hydrogen (secondary N) is 1. The van der Waals surface area contributed by atoms with Crippen LogP contribution >= 0.6 is 0 Å². The van der Waals surface area contributed by atoms with Crippen molar-refractivity contribution in [3.05, 3.63) is 30.5 Å². The van der Waals surface area contributed by atoms with E-state index < -0.39 is 10.4 Å². The van der Waals surface area contributed by atoms with Crippen LogP contribution in [0.5, 0.6) is 5.75 Å². The zero-order valence-electron chi connectivity index (χ0n) is 7.93. The summed E-state index contributed by atoms with van der Waals surface area (Å²) in [6, 6.07) is 6.92. The van der Waals surface area contributed by atoms with E-state index >= 15 is 0 Å². The van der Waals surface area contributed by atoms with Crippen LogP contribution in [0, 0.1) is 0 Å². The number of aromatic nitrogens is 1. The fourth-order valence-electron chi connectivity index (χ4n) is 1.22. The molecule has 1 aromatic heterocycles. The van der Waals surface area contributed by atoms with Crippen molar-refractivity contribution in [2.75, 3.05) is 0 Å². The van der Waals surface area contributed by atoms with Gasteiger partial charge in [0, 0.05) is 17.1 Å². The van der Waals surface area contributed by atoms with Gasteiger partial charge in [-0.2, -0.15) is 0 Å². The minimum absolute atomic E-state index is 0. The maximum absolute atomic E-state index is 10.4. The minimum atomic E-state index is -4.71. The van der Waals surface area contributed by atoms with Gasteiger partial charge in [0.05, 0.1) is 0 Å². The van der Waals surface area contributed by atoms with Crippen molar-refractivity contribution in [3.63, 3.8) is 0 Å². The van der Waals surface area contributed by atoms with E-state index in [0.717, 1.165) is 0 Å². The molecule has 1 aromatic carbocycles. The molecule has 0 unspecified atom stereocenters. The molecule has 0 saturated carbocycles. The Labute approximate surface area is 129 Å². The Hall–Kier alpha value is 0.106. The molecular formula is C8H6KNO4S. The van der Waals surface area contributed by atoms with Gasteiger partial charge in [-0.15, -0.1) is 0 Å². The molecule has 74 valence electrons. The molecule has 2 aromatic rings. The number of hydrogen-bond acceptors (Lipinski definition) is 4. The Kier molecular flexibility index (Phi) is 4.35. The predicted molar refractivity (Wildman–Crippen MR) is 48.6 cm³/mol. The Morgan fingerprint density at radius 2 is 1.93 bits per heavy atom. The van der Waals surface area contributed by atoms with Crippen molar-refractivity contribution in [2.45, 2.75) is 0 Å². The maximum atomic E-state index is 10.4. The van der Waals surface area contributed by atoms with Crippen molar-refractivity contribution in [2.24, 2.45) is 0 Å². The van der Waals surface area contributed by atoms with Gasteiger partial charge in [-0.25, -0.2) is 8.42 Å². The van der Waals surface area contributed by atoms with Crippen LogP contribution < -0.4 is 55.6 Å². The van der Waals surface area contributed by atoms with Gasteiger partial charge in [0.2, 0.25) is 0 Å². The van der Waals surface area contributed by atoms with E-state index in [2.05, 4.69) is 9.17 Å². The van der Waals surface area contributed by atoms with E-state index in [9.17, 15) is 13.0 Å². The second-order valence-electron chi connectivity index (χ2n) is 2.69. The molecule has 2 rings (SSSR count). The Bertz CT molecular complexity index is 563. The molecule has 0 bridgehead atoms. The van der Waals surface area contributed by atoms with Gasteiger partial charge in [0.1, 0.15) is 0 Å². The number of H-pyrrole nitrogens is 1. The number of hydrogen-bond donors (Lipinski definition) is 1. The molecule has 0 saturated heterocycles. The molecular weight excluding hydrogens is 251 g/mol. The first-order valence-electron chi connectivity index (χ1n) is 3.78. The number of fused-ring (bicyclic) bond motifs is 1. The van der Waals surface area contributed by atoms with E-state index in [1.165, 1.54) is 6.20 Å². The second-order valence-corrected chi connectivity index (χ2v) is 3.67. The summed E-state index contributed by atoms with van der Waals surface area (Å²) in [5.41, 5.74) is 0.714. The molecule has 5 nitrogen and oxygen atoms in total. The molecule has 15 heavy (non-hydrogen) atoms. The monoisotopic (exact) mass is 257 g/mol. The third-order valence-electron chi connectivity index (χ3n) is 1.74. The maximum Gasteiger partial charge on any atom is 1.00 e. The van der Waals surface area contributed by atoms with Gasteiger partial charge in [0.15, 0.2) is 5.75 Å². The van der Waals surface area contributed by atoms with Crippen LogP contribution in [0.3, 0.4) is 0 Å². The van der Waals surface area contributed by atoms with Gasteiger partial charge < -0.3 is 13.7 Å². The van der Waals surface area contributed by atoms with E-state index in [-0.39, 0.29) is 57.1 Å². The van der Waals surface area contributed by atoms with Crippen LogP contribution in [0.1, 0.15) is 0 Å². The van der Waals surface area contributed by atoms with Crippen LogP contribution in [0.2, 0.25) is 0 Å². The summed E-state index contributed by atoms with van der Waals surface area (Å²) in [4.78, 5) is 2.78. The molecule has 0 aliphatic heterocycles. The first-order valence-corrected chi connectivity index (χ1v) is 5.11. The van der Waals surface area contributed by atoms with Crippen LogP contribution in [0.4, 0.5) is 0 Å². The summed E-state index contributed by atoms with van der Waals surface area (Å²) >= 11 is 0. The summed E-state index contributed by atoms with van der Waals surface area (Å²) in [7, 11) is -4.71. The first kappa shape index (κ1) is 13.2. The molecule has 0 atom stereocenters. The minimum Gasteiger partial charge on any atom is -0.716 e. The molecule has 1 N–H and O–H groups in total. The van der Waals surface area contributed by atoms with E-state index in [1.54, 1.807) is 24.3 Å². The third kappa shape index (κ3) is 3.28. The standard InChI is InChI=1S/C8H7NO4S.K/c10-14(11,12)13-8-5-9-7-4-2-1-3-6(7)8;/h1-5,9H,(H,10,11,12);/q;+1/p-1/i1+1,2+1,3+1,4+1,6+1,7+1;. The molecule has 0 fully saturated rings. The van der Waals surface area contributed by atoms with Crippen LogP contribution in [0.15, 0.2) is 30.5 Å². The number of aromatic amines is 1. The fourth-order valence-corrected chi connectivity index (χ4v) is 1.58. The first-order chi connectivity index (χ1) is 6.56. The van der Waals surface area contributed by atoms with Gasteiger partial charge in [-0.1, -0.05) is 12.1 Å². The average Bonchev–Trinajstić information content (AvgIpc) is 2.47. The summed E-state index contributed by atoms with van der Waals surface area (Å²) in [6.07, 6.45) is 1.33. The summed E-state index contributed by atoms with van der Waals surface area (Å²) < 4.78 is 35.3. The van der Waals surface area contributed by atoms with Crippen molar-refractivity contribution < 1.29 is 68.5 Å². The van der Waals surface area contributed by atoms with Gasteiger partial charge in [-0.3, -0.25) is 0 Å². The number of benzene rings is 1. The van der Waals surface area contributed by atoms with E-state index in [4.69, 9.17) is 0 Å². The zero-order valence-corrected chi connectivity index (χ0v) is 11.9. The molecule has 0 spiro atoms. The Morgan fingerprint density at radius 3 is 2.60 bits per heavy atom. The Balaban J connectivity index is 0.00000112. The summed E-state index contributed by atoms with van der Waals surface area (Å²) in [5.74, 6) is 0.0237. The van der Waals surface area contributed by atoms with Crippen molar-refractivity contribution in [1.82, 2.24) is 4.98 Å². The number of rotatable bonds is 2. The van der Waals surface area contributed by atoms with Crippen LogP contribution in [-0.4, -0.2) is 18.0 Å². The largest absolute Gasteiger partial charge is 1.00 e. The topological polar surface area (TPSA) is 82.2 Å². The SMILES string of the molecule is O=S(=O)([O-])Oc1c[nH][13c]2[13cH][13cH][13cH][13cH][13c]12.[K+]. The van der Waals surface area contributed by atoms with Crippen LogP contribution in [-0.2, 0) is 10.4 Å². The quantitative estimate of drug-likeness (QED) is 0.384. The normalized spacial score (nSPS) is 11.0. The molecule has 0 aliphatic rings. The van der Waals surface area contributed by atoms with Gasteiger partial charge >= 0.3 is 51.4 Å². The molecule has 1 heterocycles. The zero-order chi connectivity index (χ0) is 10.2. The van der Waals surface area contributed by atoms with Crippen molar-refractivity contribution >= 4 is 21.3 Å².